The number of nitrogens with one attached hydrogen (secondary N) is 1. The zero-order valence-corrected chi connectivity index (χ0v) is 13.6. The third kappa shape index (κ3) is 3.31. The Morgan fingerprint density at radius 3 is 2.96 bits per heavy atom. The number of aromatic amines is 1. The number of ether oxygens (including phenoxy) is 3. The van der Waals surface area contributed by atoms with E-state index >= 15 is 0 Å². The van der Waals surface area contributed by atoms with E-state index in [9.17, 15) is 14.4 Å². The smallest absolute Gasteiger partial charge is 0.330 e. The highest BCUT2D eigenvalue weighted by Crippen LogP contribution is 2.33. The SMILES string of the molecule is COC(=O)C[C@@H]1C[C@@H](OC(C)=O)[C@H](n2c(=O)[nH]c3cnc(N)nc32)O1. The van der Waals surface area contributed by atoms with Crippen LogP contribution in [-0.4, -0.2) is 50.8 Å². The average Bonchev–Trinajstić information content (AvgIpc) is 3.05. The molecule has 0 saturated carbocycles. The van der Waals surface area contributed by atoms with Gasteiger partial charge in [0.25, 0.3) is 0 Å². The largest absolute Gasteiger partial charge is 0.469 e. The number of anilines is 1. The summed E-state index contributed by atoms with van der Waals surface area (Å²) in [4.78, 5) is 45.7. The molecule has 0 radical (unpaired) electrons. The van der Waals surface area contributed by atoms with E-state index in [1.807, 2.05) is 0 Å². The van der Waals surface area contributed by atoms with Crippen molar-refractivity contribution in [2.24, 2.45) is 0 Å². The first-order valence-corrected chi connectivity index (χ1v) is 7.51. The van der Waals surface area contributed by atoms with Gasteiger partial charge in [0.1, 0.15) is 11.6 Å². The Balaban J connectivity index is 1.99. The molecule has 1 saturated heterocycles. The lowest BCUT2D eigenvalue weighted by Gasteiger charge is -2.19. The Bertz CT molecular complexity index is 874. The van der Waals surface area contributed by atoms with E-state index in [-0.39, 0.29) is 24.4 Å². The van der Waals surface area contributed by atoms with Gasteiger partial charge in [0.2, 0.25) is 5.95 Å². The molecule has 3 rings (SSSR count). The lowest BCUT2D eigenvalue weighted by atomic mass is 10.1. The van der Waals surface area contributed by atoms with Crippen LogP contribution in [0.1, 0.15) is 26.0 Å². The van der Waals surface area contributed by atoms with E-state index < -0.39 is 36.1 Å². The van der Waals surface area contributed by atoms with Gasteiger partial charge in [-0.3, -0.25) is 9.59 Å². The molecule has 1 aliphatic heterocycles. The fraction of sp³-hybridized carbons (Fsp3) is 0.500. The molecule has 2 aromatic rings. The second kappa shape index (κ2) is 6.51. The highest BCUT2D eigenvalue weighted by molar-refractivity contribution is 5.71. The first-order valence-electron chi connectivity index (χ1n) is 7.51. The Hall–Kier alpha value is -2.95. The maximum atomic E-state index is 12.3. The highest BCUT2D eigenvalue weighted by atomic mass is 16.6. The summed E-state index contributed by atoms with van der Waals surface area (Å²) in [5, 5.41) is 0. The molecule has 11 heteroatoms. The van der Waals surface area contributed by atoms with E-state index in [1.54, 1.807) is 0 Å². The van der Waals surface area contributed by atoms with Gasteiger partial charge in [0.05, 0.1) is 25.8 Å². The molecule has 0 unspecified atom stereocenters. The van der Waals surface area contributed by atoms with Crippen LogP contribution in [0.25, 0.3) is 11.2 Å². The van der Waals surface area contributed by atoms with E-state index in [0.717, 1.165) is 0 Å². The maximum Gasteiger partial charge on any atom is 0.330 e. The number of hydrogen-bond donors (Lipinski definition) is 2. The quantitative estimate of drug-likeness (QED) is 0.693. The molecule has 0 aromatic carbocycles. The Morgan fingerprint density at radius 2 is 2.28 bits per heavy atom. The molecule has 1 fully saturated rings. The summed E-state index contributed by atoms with van der Waals surface area (Å²) in [5.41, 5.74) is 5.65. The van der Waals surface area contributed by atoms with E-state index in [2.05, 4.69) is 19.7 Å². The summed E-state index contributed by atoms with van der Waals surface area (Å²) >= 11 is 0. The number of nitrogens with two attached hydrogens (primary N) is 1. The number of carbonyl (C=O) groups is 2. The standard InChI is InChI=1S/C14H17N5O6/c1-6(20)24-9-3-7(4-10(21)23-2)25-12(9)19-11-8(17-14(19)22)5-16-13(15)18-11/h5,7,9,12H,3-4H2,1-2H3,(H,17,22)(H2,15,16,18)/t7-,9+,12+/m0/s1. The monoisotopic (exact) mass is 351 g/mol. The van der Waals surface area contributed by atoms with Crippen molar-refractivity contribution >= 4 is 29.1 Å². The number of nitrogen functional groups attached to an aromatic ring is 1. The molecule has 0 amide bonds. The molecule has 0 spiro atoms. The average molecular weight is 351 g/mol. The molecule has 1 aliphatic rings. The molecule has 2 aromatic heterocycles. The molecule has 3 atom stereocenters. The lowest BCUT2D eigenvalue weighted by molar-refractivity contribution is -0.153. The molecular formula is C14H17N5O6. The fourth-order valence-corrected chi connectivity index (χ4v) is 2.83. The minimum atomic E-state index is -0.950. The van der Waals surface area contributed by atoms with Crippen molar-refractivity contribution in [2.75, 3.05) is 12.8 Å². The molecule has 25 heavy (non-hydrogen) atoms. The van der Waals surface area contributed by atoms with Crippen molar-refractivity contribution in [1.82, 2.24) is 19.5 Å². The number of fused-ring (bicyclic) bond motifs is 1. The predicted molar refractivity (Wildman–Crippen MR) is 83.3 cm³/mol. The van der Waals surface area contributed by atoms with Crippen LogP contribution in [-0.2, 0) is 23.8 Å². The fourth-order valence-electron chi connectivity index (χ4n) is 2.83. The normalized spacial score (nSPS) is 22.9. The summed E-state index contributed by atoms with van der Waals surface area (Å²) in [6, 6.07) is 0. The van der Waals surface area contributed by atoms with Crippen molar-refractivity contribution in [2.45, 2.75) is 38.2 Å². The van der Waals surface area contributed by atoms with Gasteiger partial charge in [-0.25, -0.2) is 14.3 Å². The predicted octanol–water partition coefficient (Wildman–Crippen LogP) is -0.516. The molecule has 134 valence electrons. The molecule has 3 N–H and O–H groups in total. The summed E-state index contributed by atoms with van der Waals surface area (Å²) in [6.07, 6.45) is -0.707. The van der Waals surface area contributed by atoms with Gasteiger partial charge in [-0.2, -0.15) is 4.98 Å². The molecular weight excluding hydrogens is 334 g/mol. The molecule has 0 aliphatic carbocycles. The Morgan fingerprint density at radius 1 is 1.52 bits per heavy atom. The number of H-pyrrole nitrogens is 1. The van der Waals surface area contributed by atoms with E-state index in [4.69, 9.17) is 15.2 Å². The highest BCUT2D eigenvalue weighted by Gasteiger charge is 2.41. The van der Waals surface area contributed by atoms with Crippen molar-refractivity contribution < 1.29 is 23.8 Å². The van der Waals surface area contributed by atoms with Crippen molar-refractivity contribution in [3.8, 4) is 0 Å². The lowest BCUT2D eigenvalue weighted by Crippen LogP contribution is -2.31. The van der Waals surface area contributed by atoms with Crippen LogP contribution in [0.4, 0.5) is 5.95 Å². The number of carbonyl (C=O) groups excluding carboxylic acids is 2. The minimum absolute atomic E-state index is 0.0200. The first-order chi connectivity index (χ1) is 11.9. The number of hydrogen-bond acceptors (Lipinski definition) is 9. The van der Waals surface area contributed by atoms with Crippen LogP contribution >= 0.6 is 0 Å². The number of aromatic nitrogens is 4. The summed E-state index contributed by atoms with van der Waals surface area (Å²) in [6.45, 7) is 1.25. The van der Waals surface area contributed by atoms with Crippen LogP contribution in [0.15, 0.2) is 11.0 Å². The van der Waals surface area contributed by atoms with Crippen LogP contribution < -0.4 is 11.4 Å². The Labute approximate surface area is 141 Å². The number of rotatable bonds is 4. The summed E-state index contributed by atoms with van der Waals surface area (Å²) < 4.78 is 16.9. The first kappa shape index (κ1) is 16.9. The van der Waals surface area contributed by atoms with Crippen LogP contribution in [0.3, 0.4) is 0 Å². The number of methoxy groups -OCH3 is 1. The Kier molecular flexibility index (Phi) is 4.40. The van der Waals surface area contributed by atoms with Gasteiger partial charge in [0, 0.05) is 13.3 Å². The van der Waals surface area contributed by atoms with Gasteiger partial charge in [0.15, 0.2) is 11.9 Å². The van der Waals surface area contributed by atoms with Crippen molar-refractivity contribution in [3.63, 3.8) is 0 Å². The molecule has 3 heterocycles. The maximum absolute atomic E-state index is 12.3. The summed E-state index contributed by atoms with van der Waals surface area (Å²) in [5.74, 6) is -1.02. The van der Waals surface area contributed by atoms with Crippen LogP contribution in [0, 0.1) is 0 Å². The summed E-state index contributed by atoms with van der Waals surface area (Å²) in [7, 11) is 1.27. The van der Waals surface area contributed by atoms with Gasteiger partial charge in [-0.05, 0) is 0 Å². The zero-order chi connectivity index (χ0) is 18.1. The number of esters is 2. The van der Waals surface area contributed by atoms with Gasteiger partial charge >= 0.3 is 17.6 Å². The van der Waals surface area contributed by atoms with E-state index in [0.29, 0.717) is 5.52 Å². The van der Waals surface area contributed by atoms with Crippen molar-refractivity contribution in [1.29, 1.82) is 0 Å². The van der Waals surface area contributed by atoms with Crippen LogP contribution in [0.2, 0.25) is 0 Å². The zero-order valence-electron chi connectivity index (χ0n) is 13.6. The van der Waals surface area contributed by atoms with Gasteiger partial charge in [-0.1, -0.05) is 0 Å². The second-order valence-electron chi connectivity index (χ2n) is 5.58. The van der Waals surface area contributed by atoms with Gasteiger partial charge in [-0.15, -0.1) is 0 Å². The van der Waals surface area contributed by atoms with Crippen molar-refractivity contribution in [3.05, 3.63) is 16.7 Å². The molecule has 11 nitrogen and oxygen atoms in total. The topological polar surface area (TPSA) is 151 Å². The number of imidazole rings is 1. The third-order valence-corrected chi connectivity index (χ3v) is 3.81. The second-order valence-corrected chi connectivity index (χ2v) is 5.58. The third-order valence-electron chi connectivity index (χ3n) is 3.81. The number of nitrogens with zero attached hydrogens (tertiary/aromatic N) is 3. The van der Waals surface area contributed by atoms with Crippen LogP contribution in [0.5, 0.6) is 0 Å². The van der Waals surface area contributed by atoms with Gasteiger partial charge < -0.3 is 24.9 Å². The minimum Gasteiger partial charge on any atom is -0.469 e. The molecule has 0 bridgehead atoms. The van der Waals surface area contributed by atoms with E-state index in [1.165, 1.54) is 24.8 Å².